The Hall–Kier alpha value is -2.70. The van der Waals surface area contributed by atoms with Gasteiger partial charge in [0.25, 0.3) is 5.91 Å². The molecule has 12 heteroatoms. The molecule has 2 aromatic rings. The third-order valence-electron chi connectivity index (χ3n) is 4.09. The quantitative estimate of drug-likeness (QED) is 0.313. The van der Waals surface area contributed by atoms with E-state index in [1.807, 2.05) is 0 Å². The van der Waals surface area contributed by atoms with Crippen molar-refractivity contribution in [2.24, 2.45) is 0 Å². The highest BCUT2D eigenvalue weighted by atomic mass is 32.2. The Morgan fingerprint density at radius 2 is 1.59 bits per heavy atom. The van der Waals surface area contributed by atoms with Crippen LogP contribution in [0.1, 0.15) is 15.9 Å². The van der Waals surface area contributed by atoms with E-state index in [1.54, 1.807) is 0 Å². The highest BCUT2D eigenvalue weighted by Gasteiger charge is 2.33. The highest BCUT2D eigenvalue weighted by Crippen LogP contribution is 2.38. The van der Waals surface area contributed by atoms with Crippen molar-refractivity contribution in [1.29, 1.82) is 0 Å². The fraction of sp³-hybridized carbons (Fsp3) is 0.300. The molecule has 3 amide bonds. The van der Waals surface area contributed by atoms with Crippen molar-refractivity contribution >= 4 is 29.4 Å². The summed E-state index contributed by atoms with van der Waals surface area (Å²) < 4.78 is 76.0. The molecule has 0 aromatic heterocycles. The standard InChI is InChI=1S/C20H19F5N2O4S/c1-12-9-13(32-20(23,24)25)7-8-16(12)26(10-30-2)19(29)27(11-31-3)18(28)17-14(21)5-4-6-15(17)22/h4-9H,10-11H2,1-3H3. The molecule has 0 aliphatic carbocycles. The molecule has 174 valence electrons. The van der Waals surface area contributed by atoms with Crippen LogP contribution in [0.15, 0.2) is 41.3 Å². The first-order chi connectivity index (χ1) is 15.0. The van der Waals surface area contributed by atoms with Gasteiger partial charge in [0.1, 0.15) is 30.7 Å². The largest absolute Gasteiger partial charge is 0.446 e. The Labute approximate surface area is 184 Å². The van der Waals surface area contributed by atoms with Crippen molar-refractivity contribution in [3.05, 3.63) is 59.2 Å². The first kappa shape index (κ1) is 25.6. The lowest BCUT2D eigenvalue weighted by atomic mass is 10.1. The van der Waals surface area contributed by atoms with Crippen LogP contribution in [-0.4, -0.2) is 50.0 Å². The minimum atomic E-state index is -4.50. The molecule has 32 heavy (non-hydrogen) atoms. The Balaban J connectivity index is 2.44. The Morgan fingerprint density at radius 3 is 2.09 bits per heavy atom. The molecule has 0 spiro atoms. The number of ether oxygens (including phenoxy) is 2. The van der Waals surface area contributed by atoms with Crippen LogP contribution < -0.4 is 4.90 Å². The number of anilines is 1. The highest BCUT2D eigenvalue weighted by molar-refractivity contribution is 8.00. The van der Waals surface area contributed by atoms with Gasteiger partial charge in [0.05, 0.1) is 5.69 Å². The summed E-state index contributed by atoms with van der Waals surface area (Å²) in [5.41, 5.74) is -5.05. The van der Waals surface area contributed by atoms with Crippen molar-refractivity contribution in [3.63, 3.8) is 0 Å². The number of methoxy groups -OCH3 is 2. The fourth-order valence-electron chi connectivity index (χ4n) is 2.80. The summed E-state index contributed by atoms with van der Waals surface area (Å²) in [4.78, 5) is 27.3. The number of hydrogen-bond acceptors (Lipinski definition) is 5. The topological polar surface area (TPSA) is 59.1 Å². The van der Waals surface area contributed by atoms with Crippen molar-refractivity contribution in [1.82, 2.24) is 4.90 Å². The predicted octanol–water partition coefficient (Wildman–Crippen LogP) is 5.16. The summed E-state index contributed by atoms with van der Waals surface area (Å²) in [6.07, 6.45) is 0. The molecule has 0 bridgehead atoms. The molecule has 0 fully saturated rings. The summed E-state index contributed by atoms with van der Waals surface area (Å²) in [6.45, 7) is 0.413. The zero-order valence-electron chi connectivity index (χ0n) is 17.2. The third-order valence-corrected chi connectivity index (χ3v) is 4.81. The molecular weight excluding hydrogens is 459 g/mol. The molecule has 0 N–H and O–H groups in total. The van der Waals surface area contributed by atoms with Gasteiger partial charge in [-0.1, -0.05) is 6.07 Å². The number of thioether (sulfide) groups is 1. The summed E-state index contributed by atoms with van der Waals surface area (Å²) in [6, 6.07) is 5.34. The van der Waals surface area contributed by atoms with E-state index in [9.17, 15) is 31.5 Å². The SMILES string of the molecule is COCN(C(=O)c1c(F)cccc1F)C(=O)N(COC)c1ccc(SC(F)(F)F)cc1C. The van der Waals surface area contributed by atoms with Gasteiger partial charge in [-0.2, -0.15) is 13.2 Å². The summed E-state index contributed by atoms with van der Waals surface area (Å²) >= 11 is -0.326. The van der Waals surface area contributed by atoms with Gasteiger partial charge in [-0.25, -0.2) is 18.5 Å². The van der Waals surface area contributed by atoms with Crippen molar-refractivity contribution < 1.29 is 41.0 Å². The van der Waals surface area contributed by atoms with E-state index >= 15 is 0 Å². The summed E-state index contributed by atoms with van der Waals surface area (Å²) in [5, 5.41) is 0. The molecule has 2 rings (SSSR count). The minimum Gasteiger partial charge on any atom is -0.364 e. The average molecular weight is 478 g/mol. The van der Waals surface area contributed by atoms with Crippen LogP contribution in [0.2, 0.25) is 0 Å². The van der Waals surface area contributed by atoms with Gasteiger partial charge in [0.15, 0.2) is 0 Å². The first-order valence-electron chi connectivity index (χ1n) is 8.91. The Morgan fingerprint density at radius 1 is 1.00 bits per heavy atom. The fourth-order valence-corrected chi connectivity index (χ4v) is 3.44. The Kier molecular flexibility index (Phi) is 8.58. The van der Waals surface area contributed by atoms with Crippen molar-refractivity contribution in [2.45, 2.75) is 17.3 Å². The van der Waals surface area contributed by atoms with Crippen LogP contribution in [0.4, 0.5) is 32.4 Å². The number of urea groups is 1. The zero-order valence-corrected chi connectivity index (χ0v) is 18.0. The van der Waals surface area contributed by atoms with Gasteiger partial charge in [-0.3, -0.25) is 9.69 Å². The van der Waals surface area contributed by atoms with Crippen LogP contribution >= 0.6 is 11.8 Å². The number of alkyl halides is 3. The molecule has 2 aromatic carbocycles. The van der Waals surface area contributed by atoms with Crippen LogP contribution in [-0.2, 0) is 9.47 Å². The third kappa shape index (κ3) is 6.17. The lowest BCUT2D eigenvalue weighted by Crippen LogP contribution is -2.48. The van der Waals surface area contributed by atoms with Gasteiger partial charge in [-0.15, -0.1) is 0 Å². The van der Waals surface area contributed by atoms with Crippen molar-refractivity contribution in [3.8, 4) is 0 Å². The number of halogens is 5. The van der Waals surface area contributed by atoms with Gasteiger partial charge in [0.2, 0.25) is 0 Å². The van der Waals surface area contributed by atoms with Crippen molar-refractivity contribution in [2.75, 3.05) is 32.6 Å². The first-order valence-corrected chi connectivity index (χ1v) is 9.73. The second-order valence-electron chi connectivity index (χ2n) is 6.37. The molecule has 6 nitrogen and oxygen atoms in total. The lowest BCUT2D eigenvalue weighted by Gasteiger charge is -2.29. The minimum absolute atomic E-state index is 0.109. The number of benzene rings is 2. The lowest BCUT2D eigenvalue weighted by molar-refractivity contribution is -0.0328. The molecule has 0 aliphatic heterocycles. The van der Waals surface area contributed by atoms with Crippen LogP contribution in [0, 0.1) is 18.6 Å². The molecule has 0 unspecified atom stereocenters. The predicted molar refractivity (Wildman–Crippen MR) is 107 cm³/mol. The normalized spacial score (nSPS) is 11.4. The number of nitrogens with zero attached hydrogens (tertiary/aromatic N) is 2. The number of rotatable bonds is 7. The second kappa shape index (κ2) is 10.7. The van der Waals surface area contributed by atoms with E-state index in [-0.39, 0.29) is 27.9 Å². The van der Waals surface area contributed by atoms with Crippen LogP contribution in [0.5, 0.6) is 0 Å². The number of carbonyl (C=O) groups excluding carboxylic acids is 2. The molecule has 0 radical (unpaired) electrons. The van der Waals surface area contributed by atoms with Crippen LogP contribution in [0.3, 0.4) is 0 Å². The number of amides is 3. The average Bonchev–Trinajstić information content (AvgIpc) is 2.69. The smallest absolute Gasteiger partial charge is 0.364 e. The maximum atomic E-state index is 14.1. The molecule has 0 heterocycles. The van der Waals surface area contributed by atoms with E-state index in [0.717, 1.165) is 29.2 Å². The molecule has 0 saturated carbocycles. The Bertz CT molecular complexity index is 967. The van der Waals surface area contributed by atoms with Gasteiger partial charge >= 0.3 is 11.5 Å². The van der Waals surface area contributed by atoms with Crippen LogP contribution in [0.25, 0.3) is 0 Å². The maximum absolute atomic E-state index is 14.1. The summed E-state index contributed by atoms with van der Waals surface area (Å²) in [7, 11) is 2.42. The number of imide groups is 1. The second-order valence-corrected chi connectivity index (χ2v) is 7.51. The molecule has 0 saturated heterocycles. The van der Waals surface area contributed by atoms with Gasteiger partial charge in [0, 0.05) is 19.1 Å². The molecule has 0 atom stereocenters. The number of aryl methyl sites for hydroxylation is 1. The number of hydrogen-bond donors (Lipinski definition) is 0. The van der Waals surface area contributed by atoms with Gasteiger partial charge < -0.3 is 9.47 Å². The van der Waals surface area contributed by atoms with E-state index in [0.29, 0.717) is 4.90 Å². The van der Waals surface area contributed by atoms with E-state index in [2.05, 4.69) is 0 Å². The maximum Gasteiger partial charge on any atom is 0.446 e. The molecular formula is C20H19F5N2O4S. The summed E-state index contributed by atoms with van der Waals surface area (Å²) in [5.74, 6) is -3.64. The molecule has 0 aliphatic rings. The van der Waals surface area contributed by atoms with Gasteiger partial charge in [-0.05, 0) is 54.6 Å². The van der Waals surface area contributed by atoms with E-state index in [4.69, 9.17) is 9.47 Å². The van der Waals surface area contributed by atoms with E-state index < -0.39 is 48.1 Å². The monoisotopic (exact) mass is 478 g/mol. The van der Waals surface area contributed by atoms with E-state index in [1.165, 1.54) is 33.3 Å². The number of carbonyl (C=O) groups is 2. The zero-order chi connectivity index (χ0) is 24.1.